The lowest BCUT2D eigenvalue weighted by Crippen LogP contribution is -2.54. The van der Waals surface area contributed by atoms with Crippen molar-refractivity contribution in [2.24, 2.45) is 0 Å². The average Bonchev–Trinajstić information content (AvgIpc) is 2.91. The van der Waals surface area contributed by atoms with Gasteiger partial charge in [-0.2, -0.15) is 8.42 Å². The van der Waals surface area contributed by atoms with Crippen molar-refractivity contribution < 1.29 is 31.8 Å². The Morgan fingerprint density at radius 3 is 2.53 bits per heavy atom. The number of anilines is 1. The summed E-state index contributed by atoms with van der Waals surface area (Å²) in [6.45, 7) is 0.737. The lowest BCUT2D eigenvalue weighted by Gasteiger charge is -2.27. The molecule has 2 aliphatic rings. The van der Waals surface area contributed by atoms with Crippen molar-refractivity contribution in [3.63, 3.8) is 0 Å². The zero-order valence-corrected chi connectivity index (χ0v) is 17.3. The van der Waals surface area contributed by atoms with Crippen LogP contribution in [0.3, 0.4) is 0 Å². The molecule has 30 heavy (non-hydrogen) atoms. The molecule has 1 unspecified atom stereocenters. The molecular weight excluding hydrogens is 414 g/mol. The normalized spacial score (nSPS) is 19.1. The molecule has 1 saturated heterocycles. The largest absolute Gasteiger partial charge is 0.385 e. The number of benzene rings is 1. The van der Waals surface area contributed by atoms with Crippen molar-refractivity contribution in [3.05, 3.63) is 29.3 Å². The van der Waals surface area contributed by atoms with E-state index in [1.807, 2.05) is 0 Å². The van der Waals surface area contributed by atoms with Gasteiger partial charge in [-0.15, -0.1) is 0 Å². The highest BCUT2D eigenvalue weighted by molar-refractivity contribution is 7.85. The number of nitrogens with one attached hydrogen (secondary N) is 2. The van der Waals surface area contributed by atoms with Crippen molar-refractivity contribution in [2.75, 3.05) is 24.7 Å². The summed E-state index contributed by atoms with van der Waals surface area (Å²) < 4.78 is 26.4. The van der Waals surface area contributed by atoms with E-state index >= 15 is 0 Å². The second-order valence-electron chi connectivity index (χ2n) is 7.22. The van der Waals surface area contributed by atoms with Crippen LogP contribution in [0.2, 0.25) is 0 Å². The Hall–Kier alpha value is -2.79. The van der Waals surface area contributed by atoms with Gasteiger partial charge in [-0.1, -0.05) is 0 Å². The second-order valence-corrected chi connectivity index (χ2v) is 8.87. The molecule has 1 fully saturated rings. The molecule has 0 bridgehead atoms. The molecule has 1 aromatic carbocycles. The summed E-state index contributed by atoms with van der Waals surface area (Å²) in [5.74, 6) is -2.14. The number of rotatable bonds is 9. The van der Waals surface area contributed by atoms with Gasteiger partial charge in [0.2, 0.25) is 11.8 Å². The lowest BCUT2D eigenvalue weighted by atomic mass is 10.0. The van der Waals surface area contributed by atoms with E-state index in [0.717, 1.165) is 24.0 Å². The summed E-state index contributed by atoms with van der Waals surface area (Å²) in [5, 5.41) is 5.32. The van der Waals surface area contributed by atoms with E-state index in [1.54, 1.807) is 18.2 Å². The molecule has 11 heteroatoms. The van der Waals surface area contributed by atoms with Crippen LogP contribution in [0, 0.1) is 0 Å². The highest BCUT2D eigenvalue weighted by atomic mass is 32.2. The molecule has 1 atom stereocenters. The number of hydrogen-bond donors (Lipinski definition) is 2. The fourth-order valence-electron chi connectivity index (χ4n) is 3.43. The topological polar surface area (TPSA) is 139 Å². The average molecular weight is 437 g/mol. The van der Waals surface area contributed by atoms with Crippen molar-refractivity contribution >= 4 is 39.4 Å². The monoisotopic (exact) mass is 437 g/mol. The predicted octanol–water partition coefficient (Wildman–Crippen LogP) is 0.646. The van der Waals surface area contributed by atoms with E-state index < -0.39 is 39.8 Å². The molecule has 0 saturated carbocycles. The van der Waals surface area contributed by atoms with Crippen LogP contribution in [0.5, 0.6) is 0 Å². The quantitative estimate of drug-likeness (QED) is 0.326. The van der Waals surface area contributed by atoms with E-state index in [4.69, 9.17) is 0 Å². The smallest absolute Gasteiger partial charge is 0.264 e. The van der Waals surface area contributed by atoms with Gasteiger partial charge >= 0.3 is 0 Å². The molecule has 0 aliphatic carbocycles. The van der Waals surface area contributed by atoms with Crippen LogP contribution < -0.4 is 10.6 Å². The zero-order chi connectivity index (χ0) is 21.9. The molecule has 0 spiro atoms. The molecule has 4 amide bonds. The third-order valence-corrected chi connectivity index (χ3v) is 5.48. The first-order valence-electron chi connectivity index (χ1n) is 9.61. The first-order chi connectivity index (χ1) is 14.2. The summed E-state index contributed by atoms with van der Waals surface area (Å²) in [6, 6.07) is 3.82. The number of unbranched alkanes of at least 4 members (excludes halogenated alkanes) is 2. The molecule has 2 heterocycles. The number of hydrogen-bond acceptors (Lipinski definition) is 8. The molecule has 10 nitrogen and oxygen atoms in total. The van der Waals surface area contributed by atoms with Gasteiger partial charge in [-0.3, -0.25) is 33.6 Å². The van der Waals surface area contributed by atoms with Gasteiger partial charge in [0.05, 0.1) is 24.0 Å². The summed E-state index contributed by atoms with van der Waals surface area (Å²) in [7, 11) is -3.42. The Morgan fingerprint density at radius 1 is 1.10 bits per heavy atom. The van der Waals surface area contributed by atoms with Crippen molar-refractivity contribution in [1.82, 2.24) is 10.2 Å². The van der Waals surface area contributed by atoms with Gasteiger partial charge in [-0.05, 0) is 43.9 Å². The van der Waals surface area contributed by atoms with Crippen molar-refractivity contribution in [3.8, 4) is 0 Å². The maximum absolute atomic E-state index is 12.8. The molecular formula is C19H23N3O7S. The number of imide groups is 2. The van der Waals surface area contributed by atoms with E-state index in [0.29, 0.717) is 18.7 Å². The number of nitrogens with zero attached hydrogens (tertiary/aromatic N) is 1. The fraction of sp³-hybridized carbons (Fsp3) is 0.474. The molecule has 162 valence electrons. The SMILES string of the molecule is CS(=O)(=O)OCCCCCNc1ccc2c(c1)C(=O)N(C1CCC(=O)NC1=O)C2=O. The molecule has 2 aliphatic heterocycles. The third-order valence-electron chi connectivity index (χ3n) is 4.89. The standard InChI is InChI=1S/C19H23N3O7S/c1-30(27,28)29-10-4-2-3-9-20-12-5-6-13-14(11-12)19(26)22(18(13)25)15-7-8-16(23)21-17(15)24/h5-6,11,15,20H,2-4,7-10H2,1H3,(H,21,23,24). The van der Waals surface area contributed by atoms with Crippen LogP contribution in [-0.4, -0.2) is 62.4 Å². The minimum absolute atomic E-state index is 0.0752. The number of carbonyl (C=O) groups is 4. The maximum Gasteiger partial charge on any atom is 0.264 e. The van der Waals surface area contributed by atoms with E-state index in [2.05, 4.69) is 14.8 Å². The lowest BCUT2D eigenvalue weighted by molar-refractivity contribution is -0.136. The van der Waals surface area contributed by atoms with Gasteiger partial charge in [0.25, 0.3) is 21.9 Å². The van der Waals surface area contributed by atoms with Gasteiger partial charge in [0, 0.05) is 18.7 Å². The van der Waals surface area contributed by atoms with E-state index in [-0.39, 0.29) is 30.6 Å². The molecule has 0 radical (unpaired) electrons. The second kappa shape index (κ2) is 8.92. The van der Waals surface area contributed by atoms with Crippen LogP contribution in [0.1, 0.15) is 52.8 Å². The Morgan fingerprint density at radius 2 is 1.83 bits per heavy atom. The third kappa shape index (κ3) is 5.03. The summed E-state index contributed by atoms with van der Waals surface area (Å²) in [4.78, 5) is 49.7. The zero-order valence-electron chi connectivity index (χ0n) is 16.5. The highest BCUT2D eigenvalue weighted by Crippen LogP contribution is 2.29. The first-order valence-corrected chi connectivity index (χ1v) is 11.4. The Balaban J connectivity index is 1.55. The van der Waals surface area contributed by atoms with Crippen LogP contribution in [0.25, 0.3) is 0 Å². The number of carbonyl (C=O) groups excluding carboxylic acids is 4. The van der Waals surface area contributed by atoms with Crippen molar-refractivity contribution in [1.29, 1.82) is 0 Å². The van der Waals surface area contributed by atoms with E-state index in [9.17, 15) is 27.6 Å². The van der Waals surface area contributed by atoms with Crippen LogP contribution >= 0.6 is 0 Å². The molecule has 1 aromatic rings. The number of amides is 4. The predicted molar refractivity (Wildman–Crippen MR) is 106 cm³/mol. The number of piperidine rings is 1. The highest BCUT2D eigenvalue weighted by Gasteiger charge is 2.44. The van der Waals surface area contributed by atoms with Gasteiger partial charge in [-0.25, -0.2) is 0 Å². The maximum atomic E-state index is 12.8. The van der Waals surface area contributed by atoms with E-state index in [1.165, 1.54) is 0 Å². The Kier molecular flexibility index (Phi) is 6.52. The van der Waals surface area contributed by atoms with Crippen LogP contribution in [-0.2, 0) is 23.9 Å². The van der Waals surface area contributed by atoms with Crippen LogP contribution in [0.4, 0.5) is 5.69 Å². The Labute approximate surface area is 174 Å². The van der Waals surface area contributed by atoms with Gasteiger partial charge in [0.15, 0.2) is 0 Å². The van der Waals surface area contributed by atoms with Crippen molar-refractivity contribution in [2.45, 2.75) is 38.1 Å². The van der Waals surface area contributed by atoms with Gasteiger partial charge in [0.1, 0.15) is 6.04 Å². The van der Waals surface area contributed by atoms with Gasteiger partial charge < -0.3 is 5.32 Å². The summed E-state index contributed by atoms with van der Waals surface area (Å²) >= 11 is 0. The molecule has 3 rings (SSSR count). The number of fused-ring (bicyclic) bond motifs is 1. The molecule has 2 N–H and O–H groups in total. The minimum atomic E-state index is -3.42. The van der Waals surface area contributed by atoms with Crippen LogP contribution in [0.15, 0.2) is 18.2 Å². The summed E-state index contributed by atoms with van der Waals surface area (Å²) in [5.41, 5.74) is 1.11. The summed E-state index contributed by atoms with van der Waals surface area (Å²) in [6.07, 6.45) is 3.33. The fourth-order valence-corrected chi connectivity index (χ4v) is 3.85. The minimum Gasteiger partial charge on any atom is -0.385 e. The Bertz CT molecular complexity index is 990. The molecule has 0 aromatic heterocycles. The first kappa shape index (κ1) is 21.9.